The van der Waals surface area contributed by atoms with E-state index in [4.69, 9.17) is 10.5 Å². The van der Waals surface area contributed by atoms with Crippen LogP contribution in [0.2, 0.25) is 0 Å². The Hall–Kier alpha value is -2.59. The average Bonchev–Trinajstić information content (AvgIpc) is 2.94. The van der Waals surface area contributed by atoms with Crippen LogP contribution in [-0.2, 0) is 16.1 Å². The second-order valence-corrected chi connectivity index (χ2v) is 6.03. The number of ether oxygens (including phenoxy) is 1. The molecule has 0 aliphatic rings. The number of carbonyl (C=O) groups is 2. The minimum Gasteiger partial charge on any atom is -0.385 e. The Bertz CT molecular complexity index is 784. The predicted molar refractivity (Wildman–Crippen MR) is 93.7 cm³/mol. The first-order valence-electron chi connectivity index (χ1n) is 7.48. The second-order valence-electron chi connectivity index (χ2n) is 5.09. The van der Waals surface area contributed by atoms with Crippen molar-refractivity contribution in [3.8, 4) is 0 Å². The number of thioether (sulfide) groups is 1. The van der Waals surface area contributed by atoms with E-state index in [2.05, 4.69) is 15.5 Å². The largest absolute Gasteiger partial charge is 0.385 e. The van der Waals surface area contributed by atoms with Gasteiger partial charge in [-0.25, -0.2) is 9.89 Å². The van der Waals surface area contributed by atoms with Crippen LogP contribution in [0.4, 0.5) is 5.69 Å². The lowest BCUT2D eigenvalue weighted by atomic mass is 10.2. The maximum atomic E-state index is 12.0. The van der Waals surface area contributed by atoms with Gasteiger partial charge in [-0.2, -0.15) is 0 Å². The second kappa shape index (κ2) is 9.04. The fourth-order valence-electron chi connectivity index (χ4n) is 2.02. The van der Waals surface area contributed by atoms with Crippen molar-refractivity contribution in [1.29, 1.82) is 0 Å². The molecule has 0 unspecified atom stereocenters. The molecule has 2 amide bonds. The number of primary amides is 1. The summed E-state index contributed by atoms with van der Waals surface area (Å²) in [6, 6.07) is 6.26. The van der Waals surface area contributed by atoms with Crippen molar-refractivity contribution in [1.82, 2.24) is 14.8 Å². The summed E-state index contributed by atoms with van der Waals surface area (Å²) in [6.07, 6.45) is 0.669. The van der Waals surface area contributed by atoms with Crippen LogP contribution in [0, 0.1) is 0 Å². The van der Waals surface area contributed by atoms with Gasteiger partial charge in [0.2, 0.25) is 11.8 Å². The summed E-state index contributed by atoms with van der Waals surface area (Å²) in [4.78, 5) is 34.7. The van der Waals surface area contributed by atoms with E-state index in [0.29, 0.717) is 36.0 Å². The molecule has 2 rings (SSSR count). The minimum absolute atomic E-state index is 0.0894. The van der Waals surface area contributed by atoms with Gasteiger partial charge in [-0.3, -0.25) is 14.2 Å². The topological polar surface area (TPSA) is 132 Å². The summed E-state index contributed by atoms with van der Waals surface area (Å²) in [5.41, 5.74) is 5.76. The molecule has 0 spiro atoms. The van der Waals surface area contributed by atoms with E-state index in [9.17, 15) is 14.4 Å². The lowest BCUT2D eigenvalue weighted by Crippen LogP contribution is -2.19. The van der Waals surface area contributed by atoms with Gasteiger partial charge in [0.15, 0.2) is 5.16 Å². The molecule has 1 heterocycles. The third-order valence-electron chi connectivity index (χ3n) is 3.24. The molecule has 25 heavy (non-hydrogen) atoms. The van der Waals surface area contributed by atoms with Gasteiger partial charge >= 0.3 is 5.69 Å². The van der Waals surface area contributed by atoms with Crippen molar-refractivity contribution in [3.05, 3.63) is 40.3 Å². The third kappa shape index (κ3) is 5.47. The SMILES string of the molecule is COCCCn1c(SCC(=O)Nc2ccc(C(N)=O)cc2)n[nH]c1=O. The van der Waals surface area contributed by atoms with Crippen molar-refractivity contribution in [3.63, 3.8) is 0 Å². The van der Waals surface area contributed by atoms with Gasteiger partial charge in [0, 0.05) is 31.5 Å². The lowest BCUT2D eigenvalue weighted by Gasteiger charge is -2.07. The molecule has 9 nitrogen and oxygen atoms in total. The molecule has 0 aliphatic heterocycles. The highest BCUT2D eigenvalue weighted by atomic mass is 32.2. The normalized spacial score (nSPS) is 10.6. The molecule has 0 atom stereocenters. The molecule has 0 radical (unpaired) electrons. The molecule has 0 saturated heterocycles. The number of nitrogens with one attached hydrogen (secondary N) is 2. The number of H-pyrrole nitrogens is 1. The first kappa shape index (κ1) is 18.7. The number of aromatic nitrogens is 3. The number of aromatic amines is 1. The fraction of sp³-hybridized carbons (Fsp3) is 0.333. The van der Waals surface area contributed by atoms with Gasteiger partial charge in [0.05, 0.1) is 5.75 Å². The van der Waals surface area contributed by atoms with E-state index in [1.807, 2.05) is 0 Å². The summed E-state index contributed by atoms with van der Waals surface area (Å²) in [7, 11) is 1.59. The number of carbonyl (C=O) groups excluding carboxylic acids is 2. The Kier molecular flexibility index (Phi) is 6.78. The van der Waals surface area contributed by atoms with Crippen molar-refractivity contribution in [2.24, 2.45) is 5.73 Å². The standard InChI is InChI=1S/C15H19N5O4S/c1-24-8-2-7-20-14(23)18-19-15(20)25-9-12(21)17-11-5-3-10(4-6-11)13(16)22/h3-6H,2,7-9H2,1H3,(H2,16,22)(H,17,21)(H,18,23). The summed E-state index contributed by atoms with van der Waals surface area (Å²) < 4.78 is 6.43. The zero-order chi connectivity index (χ0) is 18.2. The number of methoxy groups -OCH3 is 1. The van der Waals surface area contributed by atoms with Crippen LogP contribution in [0.5, 0.6) is 0 Å². The monoisotopic (exact) mass is 365 g/mol. The highest BCUT2D eigenvalue weighted by Crippen LogP contribution is 2.15. The van der Waals surface area contributed by atoms with Gasteiger partial charge < -0.3 is 15.8 Å². The van der Waals surface area contributed by atoms with Crippen molar-refractivity contribution in [2.45, 2.75) is 18.1 Å². The molecular weight excluding hydrogens is 346 g/mol. The highest BCUT2D eigenvalue weighted by Gasteiger charge is 2.11. The molecule has 2 aromatic rings. The Morgan fingerprint density at radius 3 is 2.72 bits per heavy atom. The molecule has 0 saturated carbocycles. The quantitative estimate of drug-likeness (QED) is 0.436. The number of rotatable bonds is 9. The summed E-state index contributed by atoms with van der Waals surface area (Å²) in [5, 5.41) is 9.44. The van der Waals surface area contributed by atoms with Crippen LogP contribution < -0.4 is 16.7 Å². The fourth-order valence-corrected chi connectivity index (χ4v) is 2.80. The van der Waals surface area contributed by atoms with E-state index in [-0.39, 0.29) is 17.3 Å². The minimum atomic E-state index is -0.529. The summed E-state index contributed by atoms with van der Waals surface area (Å²) in [6.45, 7) is 0.991. The van der Waals surface area contributed by atoms with Crippen LogP contribution >= 0.6 is 11.8 Å². The first-order valence-corrected chi connectivity index (χ1v) is 8.46. The van der Waals surface area contributed by atoms with Crippen molar-refractivity contribution < 1.29 is 14.3 Å². The molecule has 0 aliphatic carbocycles. The highest BCUT2D eigenvalue weighted by molar-refractivity contribution is 7.99. The zero-order valence-electron chi connectivity index (χ0n) is 13.7. The Balaban J connectivity index is 1.89. The van der Waals surface area contributed by atoms with E-state index in [1.165, 1.54) is 16.7 Å². The third-order valence-corrected chi connectivity index (χ3v) is 4.22. The van der Waals surface area contributed by atoms with Crippen molar-refractivity contribution in [2.75, 3.05) is 24.8 Å². The maximum absolute atomic E-state index is 12.0. The zero-order valence-corrected chi connectivity index (χ0v) is 14.5. The van der Waals surface area contributed by atoms with Crippen LogP contribution in [0.25, 0.3) is 0 Å². The van der Waals surface area contributed by atoms with Crippen molar-refractivity contribution >= 4 is 29.3 Å². The maximum Gasteiger partial charge on any atom is 0.343 e. The molecule has 134 valence electrons. The molecular formula is C15H19N5O4S. The van der Waals surface area contributed by atoms with E-state index in [0.717, 1.165) is 11.8 Å². The molecule has 1 aromatic heterocycles. The van der Waals surface area contributed by atoms with Gasteiger partial charge in [-0.05, 0) is 30.7 Å². The van der Waals surface area contributed by atoms with Gasteiger partial charge in [-0.1, -0.05) is 11.8 Å². The molecule has 1 aromatic carbocycles. The van der Waals surface area contributed by atoms with Gasteiger partial charge in [-0.15, -0.1) is 5.10 Å². The Morgan fingerprint density at radius 1 is 1.36 bits per heavy atom. The van der Waals surface area contributed by atoms with E-state index in [1.54, 1.807) is 19.2 Å². The summed E-state index contributed by atoms with van der Waals surface area (Å²) >= 11 is 1.15. The predicted octanol–water partition coefficient (Wildman–Crippen LogP) is 0.438. The lowest BCUT2D eigenvalue weighted by molar-refractivity contribution is -0.113. The first-order chi connectivity index (χ1) is 12.0. The number of anilines is 1. The number of nitrogens with two attached hydrogens (primary N) is 1. The average molecular weight is 365 g/mol. The van der Waals surface area contributed by atoms with E-state index < -0.39 is 5.91 Å². The summed E-state index contributed by atoms with van der Waals surface area (Å²) in [5.74, 6) is -0.694. The number of hydrogen-bond donors (Lipinski definition) is 3. The van der Waals surface area contributed by atoms with Gasteiger partial charge in [0.1, 0.15) is 0 Å². The smallest absolute Gasteiger partial charge is 0.343 e. The molecule has 0 bridgehead atoms. The Morgan fingerprint density at radius 2 is 2.08 bits per heavy atom. The molecule has 0 fully saturated rings. The van der Waals surface area contributed by atoms with Crippen LogP contribution in [0.3, 0.4) is 0 Å². The van der Waals surface area contributed by atoms with Crippen LogP contribution in [0.1, 0.15) is 16.8 Å². The van der Waals surface area contributed by atoms with Crippen LogP contribution in [0.15, 0.2) is 34.2 Å². The van der Waals surface area contributed by atoms with Crippen LogP contribution in [-0.4, -0.2) is 46.0 Å². The number of amides is 2. The number of benzene rings is 1. The number of nitrogens with zero attached hydrogens (tertiary/aromatic N) is 2. The van der Waals surface area contributed by atoms with E-state index >= 15 is 0 Å². The Labute approximate surface area is 147 Å². The molecule has 10 heteroatoms. The van der Waals surface area contributed by atoms with Gasteiger partial charge in [0.25, 0.3) is 0 Å². The molecule has 4 N–H and O–H groups in total. The number of hydrogen-bond acceptors (Lipinski definition) is 6.